The maximum Gasteiger partial charge on any atom is 0.411 e. The summed E-state index contributed by atoms with van der Waals surface area (Å²) in [6.45, 7) is 4.01. The van der Waals surface area contributed by atoms with Gasteiger partial charge in [-0.2, -0.15) is 0 Å². The average molecular weight is 220 g/mol. The maximum absolute atomic E-state index is 11.3. The van der Waals surface area contributed by atoms with Crippen molar-refractivity contribution in [2.45, 2.75) is 19.9 Å². The summed E-state index contributed by atoms with van der Waals surface area (Å²) in [6, 6.07) is 5.95. The number of hydrogen-bond donors (Lipinski definition) is 2. The molecule has 0 unspecified atom stereocenters. The lowest BCUT2D eigenvalue weighted by Gasteiger charge is -2.20. The molecule has 2 rings (SSSR count). The molecule has 0 aromatic heterocycles. The van der Waals surface area contributed by atoms with E-state index >= 15 is 0 Å². The van der Waals surface area contributed by atoms with Crippen molar-refractivity contribution >= 4 is 11.8 Å². The smallest absolute Gasteiger partial charge is 0.411 e. The summed E-state index contributed by atoms with van der Waals surface area (Å²) in [6.07, 6.45) is 0.562. The van der Waals surface area contributed by atoms with Crippen LogP contribution < -0.4 is 10.6 Å². The van der Waals surface area contributed by atoms with E-state index in [0.29, 0.717) is 6.61 Å². The molecule has 1 aliphatic rings. The summed E-state index contributed by atoms with van der Waals surface area (Å²) < 4.78 is 4.87. The molecule has 2 N–H and O–H groups in total. The molecule has 1 aliphatic heterocycles. The molecule has 4 nitrogen and oxygen atoms in total. The van der Waals surface area contributed by atoms with E-state index < -0.39 is 0 Å². The molecule has 0 bridgehead atoms. The van der Waals surface area contributed by atoms with Gasteiger partial charge in [0.15, 0.2) is 0 Å². The first kappa shape index (κ1) is 11.0. The van der Waals surface area contributed by atoms with Crippen molar-refractivity contribution in [1.82, 2.24) is 5.32 Å². The number of carbonyl (C=O) groups excluding carboxylic acids is 1. The van der Waals surface area contributed by atoms with Crippen molar-refractivity contribution in [3.05, 3.63) is 29.3 Å². The Bertz CT molecular complexity index is 391. The van der Waals surface area contributed by atoms with Crippen molar-refractivity contribution in [2.24, 2.45) is 0 Å². The molecule has 1 aromatic rings. The van der Waals surface area contributed by atoms with E-state index in [9.17, 15) is 4.79 Å². The van der Waals surface area contributed by atoms with E-state index in [-0.39, 0.29) is 6.09 Å². The molecule has 0 saturated carbocycles. The Morgan fingerprint density at radius 2 is 2.44 bits per heavy atom. The van der Waals surface area contributed by atoms with Crippen LogP contribution in [0.4, 0.5) is 10.5 Å². The highest BCUT2D eigenvalue weighted by molar-refractivity contribution is 5.86. The van der Waals surface area contributed by atoms with Crippen LogP contribution in [0, 0.1) is 0 Å². The van der Waals surface area contributed by atoms with E-state index in [1.807, 2.05) is 12.1 Å². The van der Waals surface area contributed by atoms with Gasteiger partial charge >= 0.3 is 6.09 Å². The molecule has 0 fully saturated rings. The molecule has 1 heterocycles. The van der Waals surface area contributed by atoms with Gasteiger partial charge in [0.1, 0.15) is 0 Å². The number of benzene rings is 1. The summed E-state index contributed by atoms with van der Waals surface area (Å²) in [5, 5.41) is 6.08. The number of hydrogen-bond acceptors (Lipinski definition) is 3. The summed E-state index contributed by atoms with van der Waals surface area (Å²) in [4.78, 5) is 11.3. The van der Waals surface area contributed by atoms with E-state index in [0.717, 1.165) is 25.2 Å². The molecule has 16 heavy (non-hydrogen) atoms. The van der Waals surface area contributed by atoms with Crippen molar-refractivity contribution in [2.75, 3.05) is 18.5 Å². The molecular weight excluding hydrogens is 204 g/mol. The van der Waals surface area contributed by atoms with Crippen LogP contribution in [0.3, 0.4) is 0 Å². The maximum atomic E-state index is 11.3. The van der Waals surface area contributed by atoms with E-state index in [4.69, 9.17) is 4.74 Å². The zero-order valence-electron chi connectivity index (χ0n) is 9.38. The van der Waals surface area contributed by atoms with E-state index in [2.05, 4.69) is 16.7 Å². The van der Waals surface area contributed by atoms with Gasteiger partial charge in [-0.25, -0.2) is 4.79 Å². The first-order valence-electron chi connectivity index (χ1n) is 5.56. The Labute approximate surface area is 95.0 Å². The molecular formula is C12H16N2O2. The number of nitrogens with one attached hydrogen (secondary N) is 2. The predicted molar refractivity (Wildman–Crippen MR) is 62.5 cm³/mol. The number of ether oxygens (including phenoxy) is 1. The fourth-order valence-electron chi connectivity index (χ4n) is 1.93. The highest BCUT2D eigenvalue weighted by Crippen LogP contribution is 2.23. The summed E-state index contributed by atoms with van der Waals surface area (Å²) >= 11 is 0. The van der Waals surface area contributed by atoms with Crippen LogP contribution in [-0.4, -0.2) is 19.2 Å². The van der Waals surface area contributed by atoms with Gasteiger partial charge in [-0.15, -0.1) is 0 Å². The number of rotatable bonds is 2. The SMILES string of the molecule is CCOC(=O)Nc1cccc2c1CCNC2. The highest BCUT2D eigenvalue weighted by Gasteiger charge is 2.13. The number of carbonyl (C=O) groups is 1. The molecule has 86 valence electrons. The summed E-state index contributed by atoms with van der Waals surface area (Å²) in [7, 11) is 0. The lowest BCUT2D eigenvalue weighted by atomic mass is 9.99. The molecule has 1 aromatic carbocycles. The van der Waals surface area contributed by atoms with Crippen molar-refractivity contribution < 1.29 is 9.53 Å². The molecule has 0 spiro atoms. The monoisotopic (exact) mass is 220 g/mol. The second-order valence-electron chi connectivity index (χ2n) is 3.72. The zero-order valence-corrected chi connectivity index (χ0v) is 9.38. The predicted octanol–water partition coefficient (Wildman–Crippen LogP) is 1.90. The second-order valence-corrected chi connectivity index (χ2v) is 3.72. The van der Waals surface area contributed by atoms with Gasteiger partial charge in [0.05, 0.1) is 6.61 Å². The lowest BCUT2D eigenvalue weighted by Crippen LogP contribution is -2.25. The third kappa shape index (κ3) is 2.33. The average Bonchev–Trinajstić information content (AvgIpc) is 2.30. The Kier molecular flexibility index (Phi) is 3.41. The highest BCUT2D eigenvalue weighted by atomic mass is 16.5. The normalized spacial score (nSPS) is 14.1. The summed E-state index contributed by atoms with van der Waals surface area (Å²) in [5.74, 6) is 0. The van der Waals surface area contributed by atoms with E-state index in [1.54, 1.807) is 6.92 Å². The van der Waals surface area contributed by atoms with Gasteiger partial charge in [0.25, 0.3) is 0 Å². The topological polar surface area (TPSA) is 50.4 Å². The second kappa shape index (κ2) is 4.99. The zero-order chi connectivity index (χ0) is 11.4. The summed E-state index contributed by atoms with van der Waals surface area (Å²) in [5.41, 5.74) is 3.34. The van der Waals surface area contributed by atoms with Crippen LogP contribution in [0.1, 0.15) is 18.1 Å². The minimum Gasteiger partial charge on any atom is -0.450 e. The van der Waals surface area contributed by atoms with E-state index in [1.165, 1.54) is 11.1 Å². The standard InChI is InChI=1S/C12H16N2O2/c1-2-16-12(15)14-11-5-3-4-9-8-13-7-6-10(9)11/h3-5,13H,2,6-8H2,1H3,(H,14,15). The van der Waals surface area contributed by atoms with Gasteiger partial charge in [-0.05, 0) is 37.1 Å². The Morgan fingerprint density at radius 3 is 3.25 bits per heavy atom. The van der Waals surface area contributed by atoms with Crippen LogP contribution in [0.15, 0.2) is 18.2 Å². The number of amides is 1. The Morgan fingerprint density at radius 1 is 1.56 bits per heavy atom. The largest absolute Gasteiger partial charge is 0.450 e. The molecule has 0 aliphatic carbocycles. The lowest BCUT2D eigenvalue weighted by molar-refractivity contribution is 0.168. The minimum atomic E-state index is -0.380. The van der Waals surface area contributed by atoms with Gasteiger partial charge in [-0.1, -0.05) is 12.1 Å². The van der Waals surface area contributed by atoms with Crippen molar-refractivity contribution in [3.8, 4) is 0 Å². The fraction of sp³-hybridized carbons (Fsp3) is 0.417. The molecule has 4 heteroatoms. The quantitative estimate of drug-likeness (QED) is 0.800. The van der Waals surface area contributed by atoms with Crippen LogP contribution in [0.25, 0.3) is 0 Å². The Hall–Kier alpha value is -1.55. The third-order valence-electron chi connectivity index (χ3n) is 2.65. The molecule has 0 atom stereocenters. The van der Waals surface area contributed by atoms with Crippen LogP contribution in [0.5, 0.6) is 0 Å². The van der Waals surface area contributed by atoms with Crippen molar-refractivity contribution in [3.63, 3.8) is 0 Å². The minimum absolute atomic E-state index is 0.380. The van der Waals surface area contributed by atoms with Gasteiger partial charge in [0.2, 0.25) is 0 Å². The first-order valence-corrected chi connectivity index (χ1v) is 5.56. The van der Waals surface area contributed by atoms with Crippen LogP contribution in [-0.2, 0) is 17.7 Å². The number of fused-ring (bicyclic) bond motifs is 1. The van der Waals surface area contributed by atoms with Gasteiger partial charge in [0, 0.05) is 12.2 Å². The van der Waals surface area contributed by atoms with Crippen LogP contribution in [0.2, 0.25) is 0 Å². The molecule has 0 radical (unpaired) electrons. The first-order chi connectivity index (χ1) is 7.81. The third-order valence-corrected chi connectivity index (χ3v) is 2.65. The van der Waals surface area contributed by atoms with Crippen LogP contribution >= 0.6 is 0 Å². The number of anilines is 1. The van der Waals surface area contributed by atoms with Crippen molar-refractivity contribution in [1.29, 1.82) is 0 Å². The molecule has 0 saturated heterocycles. The van der Waals surface area contributed by atoms with Gasteiger partial charge < -0.3 is 10.1 Å². The fourth-order valence-corrected chi connectivity index (χ4v) is 1.93. The van der Waals surface area contributed by atoms with Gasteiger partial charge in [-0.3, -0.25) is 5.32 Å². The molecule has 1 amide bonds. The Balaban J connectivity index is 2.17.